The van der Waals surface area contributed by atoms with Gasteiger partial charge in [0.1, 0.15) is 5.82 Å². The number of thiophene rings is 1. The van der Waals surface area contributed by atoms with Crippen molar-refractivity contribution in [3.05, 3.63) is 86.4 Å². The molecule has 0 spiro atoms. The Kier molecular flexibility index (Phi) is 7.36. The number of hydrogen-bond donors (Lipinski definition) is 2. The van der Waals surface area contributed by atoms with E-state index in [-0.39, 0.29) is 0 Å². The molecule has 3 aromatic heterocycles. The minimum absolute atomic E-state index is 0.321. The third-order valence-corrected chi connectivity index (χ3v) is 7.73. The molecule has 0 aliphatic heterocycles. The highest BCUT2D eigenvalue weighted by molar-refractivity contribution is 7.09. The van der Waals surface area contributed by atoms with E-state index < -0.39 is 5.97 Å². The first-order valence-corrected chi connectivity index (χ1v) is 13.3. The van der Waals surface area contributed by atoms with Gasteiger partial charge in [0.05, 0.1) is 11.9 Å². The van der Waals surface area contributed by atoms with Gasteiger partial charge in [-0.05, 0) is 70.3 Å². The number of carboxylic acid groups (broad SMARTS) is 1. The molecular formula is C27H30N6O2S. The number of aromatic amines is 1. The van der Waals surface area contributed by atoms with Gasteiger partial charge in [-0.25, -0.2) is 14.9 Å². The Morgan fingerprint density at radius 3 is 2.97 bits per heavy atom. The summed E-state index contributed by atoms with van der Waals surface area (Å²) < 4.78 is 2.18. The lowest BCUT2D eigenvalue weighted by Crippen LogP contribution is -2.15. The molecule has 5 rings (SSSR count). The van der Waals surface area contributed by atoms with Crippen LogP contribution >= 0.6 is 11.3 Å². The smallest absolute Gasteiger partial charge is 0.332 e. The first kappa shape index (κ1) is 24.1. The Morgan fingerprint density at radius 2 is 2.22 bits per heavy atom. The van der Waals surface area contributed by atoms with E-state index in [0.717, 1.165) is 60.7 Å². The van der Waals surface area contributed by atoms with E-state index in [1.165, 1.54) is 16.7 Å². The minimum atomic E-state index is -0.892. The van der Waals surface area contributed by atoms with Crippen LogP contribution in [0, 0.1) is 0 Å². The Balaban J connectivity index is 1.41. The summed E-state index contributed by atoms with van der Waals surface area (Å²) in [6.45, 7) is 2.84. The number of hydrogen-bond acceptors (Lipinski definition) is 6. The zero-order valence-electron chi connectivity index (χ0n) is 20.4. The van der Waals surface area contributed by atoms with Crippen LogP contribution in [0.1, 0.15) is 71.0 Å². The van der Waals surface area contributed by atoms with Crippen molar-refractivity contribution in [3.8, 4) is 0 Å². The number of nitrogens with one attached hydrogen (secondary N) is 1. The number of tetrazole rings is 1. The highest BCUT2D eigenvalue weighted by atomic mass is 32.1. The van der Waals surface area contributed by atoms with Gasteiger partial charge in [0.25, 0.3) is 0 Å². The van der Waals surface area contributed by atoms with Crippen LogP contribution in [0.25, 0.3) is 6.08 Å². The zero-order chi connectivity index (χ0) is 24.9. The summed E-state index contributed by atoms with van der Waals surface area (Å²) in [6, 6.07) is 10.6. The van der Waals surface area contributed by atoms with Crippen molar-refractivity contribution in [2.75, 3.05) is 0 Å². The fourth-order valence-electron chi connectivity index (χ4n) is 4.89. The summed E-state index contributed by atoms with van der Waals surface area (Å²) in [6.07, 6.45) is 9.93. The normalized spacial score (nSPS) is 15.7. The molecule has 186 valence electrons. The van der Waals surface area contributed by atoms with Crippen molar-refractivity contribution in [1.29, 1.82) is 0 Å². The molecule has 1 aromatic carbocycles. The Morgan fingerprint density at radius 1 is 1.31 bits per heavy atom. The second kappa shape index (κ2) is 11.0. The summed E-state index contributed by atoms with van der Waals surface area (Å²) >= 11 is 1.58. The average molecular weight is 503 g/mol. The van der Waals surface area contributed by atoms with Crippen LogP contribution in [0.2, 0.25) is 0 Å². The fraction of sp³-hybridized carbons (Fsp3) is 0.370. The van der Waals surface area contributed by atoms with Crippen molar-refractivity contribution in [2.24, 2.45) is 0 Å². The highest BCUT2D eigenvalue weighted by Crippen LogP contribution is 2.31. The summed E-state index contributed by atoms with van der Waals surface area (Å²) in [5.41, 5.74) is 5.12. The molecule has 0 radical (unpaired) electrons. The maximum atomic E-state index is 12.0. The van der Waals surface area contributed by atoms with E-state index >= 15 is 0 Å². The molecule has 1 unspecified atom stereocenters. The number of nitrogens with zero attached hydrogens (tertiary/aromatic N) is 5. The summed E-state index contributed by atoms with van der Waals surface area (Å²) in [4.78, 5) is 17.8. The fourth-order valence-corrected chi connectivity index (χ4v) is 5.62. The molecule has 1 atom stereocenters. The largest absolute Gasteiger partial charge is 0.478 e. The first-order valence-electron chi connectivity index (χ1n) is 12.5. The molecule has 0 amide bonds. The molecule has 0 saturated carbocycles. The predicted octanol–water partition coefficient (Wildman–Crippen LogP) is 4.83. The van der Waals surface area contributed by atoms with Gasteiger partial charge in [-0.3, -0.25) is 0 Å². The Hall–Kier alpha value is -3.59. The molecule has 36 heavy (non-hydrogen) atoms. The van der Waals surface area contributed by atoms with Gasteiger partial charge in [0, 0.05) is 35.8 Å². The standard InChI is InChI=1S/C27H30N6O2S/c1-2-3-6-25-28-16-23(14-22(27(34)35)15-24-5-4-11-36-24)33(25)17-18-7-8-20-13-21(10-9-19(20)12-18)26-29-31-32-30-26/h4-5,7-8,11-12,14,16,21H,2-3,6,9-10,13,15,17H2,1H3,(H,34,35)(H,29,30,31,32)/b22-14+. The van der Waals surface area contributed by atoms with Crippen LogP contribution in [-0.2, 0) is 37.0 Å². The first-order chi connectivity index (χ1) is 17.6. The number of imidazole rings is 1. The van der Waals surface area contributed by atoms with Gasteiger partial charge in [-0.15, -0.1) is 16.4 Å². The Labute approximate surface area is 214 Å². The van der Waals surface area contributed by atoms with Crippen molar-refractivity contribution in [1.82, 2.24) is 30.2 Å². The van der Waals surface area contributed by atoms with Gasteiger partial charge < -0.3 is 9.67 Å². The number of benzene rings is 1. The van der Waals surface area contributed by atoms with Crippen LogP contribution < -0.4 is 0 Å². The van der Waals surface area contributed by atoms with Gasteiger partial charge in [0.15, 0.2) is 5.82 Å². The summed E-state index contributed by atoms with van der Waals surface area (Å²) in [5.74, 6) is 1.29. The number of fused-ring (bicyclic) bond motifs is 1. The lowest BCUT2D eigenvalue weighted by atomic mass is 9.83. The zero-order valence-corrected chi connectivity index (χ0v) is 21.2. The number of rotatable bonds is 10. The molecule has 9 heteroatoms. The molecule has 0 bridgehead atoms. The van der Waals surface area contributed by atoms with Crippen LogP contribution in [0.3, 0.4) is 0 Å². The van der Waals surface area contributed by atoms with Crippen LogP contribution in [-0.4, -0.2) is 41.3 Å². The number of carboxylic acids is 1. The Bertz CT molecular complexity index is 1340. The van der Waals surface area contributed by atoms with Gasteiger partial charge in [-0.2, -0.15) is 0 Å². The molecule has 1 aliphatic carbocycles. The van der Waals surface area contributed by atoms with Gasteiger partial charge in [0.2, 0.25) is 0 Å². The number of aliphatic carboxylic acids is 1. The van der Waals surface area contributed by atoms with Crippen molar-refractivity contribution < 1.29 is 9.90 Å². The topological polar surface area (TPSA) is 110 Å². The SMILES string of the molecule is CCCCc1ncc(/C=C(\Cc2cccs2)C(=O)O)n1Cc1ccc2c(c1)CCC(c1nnn[nH]1)C2. The predicted molar refractivity (Wildman–Crippen MR) is 139 cm³/mol. The number of aryl methyl sites for hydroxylation is 2. The van der Waals surface area contributed by atoms with Crippen molar-refractivity contribution >= 4 is 23.4 Å². The van der Waals surface area contributed by atoms with E-state index in [4.69, 9.17) is 4.98 Å². The van der Waals surface area contributed by atoms with Crippen molar-refractivity contribution in [3.63, 3.8) is 0 Å². The maximum absolute atomic E-state index is 12.0. The molecular weight excluding hydrogens is 472 g/mol. The average Bonchev–Trinajstić information content (AvgIpc) is 3.66. The van der Waals surface area contributed by atoms with E-state index in [0.29, 0.717) is 24.5 Å². The van der Waals surface area contributed by atoms with E-state index in [9.17, 15) is 9.90 Å². The van der Waals surface area contributed by atoms with Crippen LogP contribution in [0.15, 0.2) is 47.5 Å². The molecule has 2 N–H and O–H groups in total. The van der Waals surface area contributed by atoms with Crippen LogP contribution in [0.4, 0.5) is 0 Å². The number of unbranched alkanes of at least 4 members (excludes halogenated alkanes) is 1. The molecule has 4 aromatic rings. The lowest BCUT2D eigenvalue weighted by Gasteiger charge is -2.23. The summed E-state index contributed by atoms with van der Waals surface area (Å²) in [7, 11) is 0. The molecule has 1 aliphatic rings. The van der Waals surface area contributed by atoms with E-state index in [2.05, 4.69) is 50.3 Å². The molecule has 3 heterocycles. The quantitative estimate of drug-likeness (QED) is 0.301. The maximum Gasteiger partial charge on any atom is 0.332 e. The molecule has 0 saturated heterocycles. The second-order valence-corrected chi connectivity index (χ2v) is 10.4. The lowest BCUT2D eigenvalue weighted by molar-refractivity contribution is -0.132. The minimum Gasteiger partial charge on any atom is -0.478 e. The number of carbonyl (C=O) groups is 1. The third-order valence-electron chi connectivity index (χ3n) is 6.85. The number of H-pyrrole nitrogens is 1. The number of aromatic nitrogens is 6. The molecule has 0 fully saturated rings. The van der Waals surface area contributed by atoms with Crippen molar-refractivity contribution in [2.45, 2.75) is 64.3 Å². The van der Waals surface area contributed by atoms with E-state index in [1.54, 1.807) is 17.4 Å². The highest BCUT2D eigenvalue weighted by Gasteiger charge is 2.23. The van der Waals surface area contributed by atoms with E-state index in [1.807, 2.05) is 23.7 Å². The van der Waals surface area contributed by atoms with Gasteiger partial charge in [-0.1, -0.05) is 37.6 Å². The van der Waals surface area contributed by atoms with Crippen LogP contribution in [0.5, 0.6) is 0 Å². The third kappa shape index (κ3) is 5.46. The summed E-state index contributed by atoms with van der Waals surface area (Å²) in [5, 5.41) is 26.3. The monoisotopic (exact) mass is 502 g/mol. The van der Waals surface area contributed by atoms with Gasteiger partial charge >= 0.3 is 5.97 Å². The second-order valence-electron chi connectivity index (χ2n) is 9.35. The molecule has 8 nitrogen and oxygen atoms in total.